The summed E-state index contributed by atoms with van der Waals surface area (Å²) in [6.45, 7) is 6.24. The number of fused-ring (bicyclic) bond motifs is 1. The van der Waals surface area contributed by atoms with Gasteiger partial charge in [0, 0.05) is 56.8 Å². The Hall–Kier alpha value is -1.67. The van der Waals surface area contributed by atoms with Crippen molar-refractivity contribution in [1.82, 2.24) is 19.5 Å². The second-order valence-electron chi connectivity index (χ2n) is 6.42. The molecule has 2 aromatic rings. The van der Waals surface area contributed by atoms with Gasteiger partial charge in [0.25, 0.3) is 0 Å². The molecule has 1 fully saturated rings. The first-order valence-corrected chi connectivity index (χ1v) is 10.5. The summed E-state index contributed by atoms with van der Waals surface area (Å²) in [5.74, 6) is 1.31. The quantitative estimate of drug-likeness (QED) is 0.768. The smallest absolute Gasteiger partial charge is 0.157 e. The van der Waals surface area contributed by atoms with E-state index in [0.29, 0.717) is 6.54 Å². The SMILES string of the molecule is CCCc1cc(N2CCN(CCS(C)(=O)=O)CC2)n2nccc2n1. The predicted octanol–water partition coefficient (Wildman–Crippen LogP) is 0.848. The summed E-state index contributed by atoms with van der Waals surface area (Å²) in [6, 6.07) is 4.07. The van der Waals surface area contributed by atoms with E-state index < -0.39 is 9.84 Å². The summed E-state index contributed by atoms with van der Waals surface area (Å²) >= 11 is 0. The zero-order chi connectivity index (χ0) is 17.2. The number of sulfone groups is 1. The van der Waals surface area contributed by atoms with E-state index in [1.54, 1.807) is 6.20 Å². The number of anilines is 1. The Morgan fingerprint density at radius 1 is 1.21 bits per heavy atom. The van der Waals surface area contributed by atoms with E-state index in [-0.39, 0.29) is 5.75 Å². The highest BCUT2D eigenvalue weighted by Crippen LogP contribution is 2.19. The third-order valence-corrected chi connectivity index (χ3v) is 5.30. The van der Waals surface area contributed by atoms with Crippen molar-refractivity contribution in [2.24, 2.45) is 0 Å². The second-order valence-corrected chi connectivity index (χ2v) is 8.68. The van der Waals surface area contributed by atoms with Crippen LogP contribution >= 0.6 is 0 Å². The maximum atomic E-state index is 11.3. The van der Waals surface area contributed by atoms with Crippen LogP contribution in [0.15, 0.2) is 18.3 Å². The molecule has 0 amide bonds. The maximum absolute atomic E-state index is 11.3. The van der Waals surface area contributed by atoms with Crippen LogP contribution in [0.2, 0.25) is 0 Å². The van der Waals surface area contributed by atoms with Crippen molar-refractivity contribution in [3.05, 3.63) is 24.0 Å². The van der Waals surface area contributed by atoms with Gasteiger partial charge in [-0.3, -0.25) is 4.90 Å². The Bertz CT molecular complexity index is 794. The van der Waals surface area contributed by atoms with E-state index in [9.17, 15) is 8.42 Å². The Morgan fingerprint density at radius 3 is 2.62 bits per heavy atom. The molecule has 0 aliphatic carbocycles. The molecule has 0 saturated carbocycles. The van der Waals surface area contributed by atoms with Gasteiger partial charge in [0.2, 0.25) is 0 Å². The van der Waals surface area contributed by atoms with Crippen LogP contribution in [0.5, 0.6) is 0 Å². The van der Waals surface area contributed by atoms with Crippen molar-refractivity contribution in [2.45, 2.75) is 19.8 Å². The van der Waals surface area contributed by atoms with Crippen molar-refractivity contribution in [3.63, 3.8) is 0 Å². The molecular weight excluding hydrogens is 326 g/mol. The van der Waals surface area contributed by atoms with Gasteiger partial charge in [0.15, 0.2) is 5.65 Å². The number of hydrogen-bond donors (Lipinski definition) is 0. The van der Waals surface area contributed by atoms with Crippen LogP contribution < -0.4 is 4.90 Å². The molecular formula is C16H25N5O2S. The lowest BCUT2D eigenvalue weighted by Gasteiger charge is -2.36. The van der Waals surface area contributed by atoms with Crippen LogP contribution in [0.3, 0.4) is 0 Å². The lowest BCUT2D eigenvalue weighted by atomic mass is 10.2. The summed E-state index contributed by atoms with van der Waals surface area (Å²) in [5.41, 5.74) is 1.98. The van der Waals surface area contributed by atoms with Crippen LogP contribution in [0.4, 0.5) is 5.82 Å². The molecule has 8 heteroatoms. The highest BCUT2D eigenvalue weighted by Gasteiger charge is 2.21. The summed E-state index contributed by atoms with van der Waals surface area (Å²) < 4.78 is 24.5. The van der Waals surface area contributed by atoms with Gasteiger partial charge in [0.05, 0.1) is 11.9 Å². The highest BCUT2D eigenvalue weighted by atomic mass is 32.2. The minimum absolute atomic E-state index is 0.228. The Labute approximate surface area is 143 Å². The fraction of sp³-hybridized carbons (Fsp3) is 0.625. The van der Waals surface area contributed by atoms with Crippen LogP contribution in [0.25, 0.3) is 5.65 Å². The van der Waals surface area contributed by atoms with Gasteiger partial charge in [-0.15, -0.1) is 0 Å². The van der Waals surface area contributed by atoms with E-state index in [1.165, 1.54) is 6.26 Å². The largest absolute Gasteiger partial charge is 0.354 e. The van der Waals surface area contributed by atoms with E-state index in [2.05, 4.69) is 32.9 Å². The van der Waals surface area contributed by atoms with E-state index in [1.807, 2.05) is 10.6 Å². The zero-order valence-corrected chi connectivity index (χ0v) is 15.2. The first-order chi connectivity index (χ1) is 11.5. The lowest BCUT2D eigenvalue weighted by molar-refractivity contribution is 0.271. The Kier molecular flexibility index (Phi) is 5.05. The van der Waals surface area contributed by atoms with Crippen LogP contribution in [-0.4, -0.2) is 72.6 Å². The normalized spacial score (nSPS) is 16.8. The number of rotatable bonds is 6. The molecule has 2 aromatic heterocycles. The van der Waals surface area contributed by atoms with Gasteiger partial charge in [-0.05, 0) is 6.42 Å². The fourth-order valence-electron chi connectivity index (χ4n) is 3.05. The predicted molar refractivity (Wildman–Crippen MR) is 95.3 cm³/mol. The van der Waals surface area contributed by atoms with Crippen LogP contribution in [-0.2, 0) is 16.3 Å². The molecule has 3 rings (SSSR count). The minimum atomic E-state index is -2.90. The Balaban J connectivity index is 1.72. The lowest BCUT2D eigenvalue weighted by Crippen LogP contribution is -2.48. The number of nitrogens with zero attached hydrogens (tertiary/aromatic N) is 5. The highest BCUT2D eigenvalue weighted by molar-refractivity contribution is 7.90. The van der Waals surface area contributed by atoms with Crippen molar-refractivity contribution >= 4 is 21.3 Å². The van der Waals surface area contributed by atoms with Crippen molar-refractivity contribution in [3.8, 4) is 0 Å². The number of aryl methyl sites for hydroxylation is 1. The molecule has 0 aromatic carbocycles. The molecule has 3 heterocycles. The third kappa shape index (κ3) is 4.05. The average molecular weight is 351 g/mol. The zero-order valence-electron chi connectivity index (χ0n) is 14.3. The summed E-state index contributed by atoms with van der Waals surface area (Å²) in [4.78, 5) is 9.18. The third-order valence-electron chi connectivity index (χ3n) is 4.37. The molecule has 1 saturated heterocycles. The summed E-state index contributed by atoms with van der Waals surface area (Å²) in [7, 11) is -2.90. The van der Waals surface area contributed by atoms with E-state index >= 15 is 0 Å². The molecule has 7 nitrogen and oxygen atoms in total. The first-order valence-electron chi connectivity index (χ1n) is 8.45. The molecule has 0 spiro atoms. The van der Waals surface area contributed by atoms with Crippen molar-refractivity contribution in [1.29, 1.82) is 0 Å². The number of piperazine rings is 1. The molecule has 1 aliphatic heterocycles. The topological polar surface area (TPSA) is 70.8 Å². The first kappa shape index (κ1) is 17.2. The Morgan fingerprint density at radius 2 is 1.96 bits per heavy atom. The molecule has 0 bridgehead atoms. The summed E-state index contributed by atoms with van der Waals surface area (Å²) in [6.07, 6.45) is 5.10. The minimum Gasteiger partial charge on any atom is -0.354 e. The van der Waals surface area contributed by atoms with Crippen LogP contribution in [0.1, 0.15) is 19.0 Å². The molecule has 0 unspecified atom stereocenters. The van der Waals surface area contributed by atoms with Crippen molar-refractivity contribution < 1.29 is 8.42 Å². The van der Waals surface area contributed by atoms with Gasteiger partial charge in [-0.2, -0.15) is 9.61 Å². The van der Waals surface area contributed by atoms with Gasteiger partial charge in [-0.1, -0.05) is 13.3 Å². The maximum Gasteiger partial charge on any atom is 0.157 e. The van der Waals surface area contributed by atoms with Gasteiger partial charge in [0.1, 0.15) is 15.7 Å². The number of hydrogen-bond acceptors (Lipinski definition) is 6. The van der Waals surface area contributed by atoms with Crippen molar-refractivity contribution in [2.75, 3.05) is 49.6 Å². The fourth-order valence-corrected chi connectivity index (χ4v) is 3.64. The van der Waals surface area contributed by atoms with E-state index in [4.69, 9.17) is 0 Å². The molecule has 132 valence electrons. The van der Waals surface area contributed by atoms with E-state index in [0.717, 1.165) is 56.2 Å². The standard InChI is InChI=1S/C16H25N5O2S/c1-3-4-14-13-16(21-15(18-14)5-6-17-21)20-9-7-19(8-10-20)11-12-24(2,22)23/h5-6,13H,3-4,7-12H2,1-2H3. The molecule has 0 radical (unpaired) electrons. The average Bonchev–Trinajstić information content (AvgIpc) is 3.01. The summed E-state index contributed by atoms with van der Waals surface area (Å²) in [5, 5.41) is 4.40. The molecule has 1 aliphatic rings. The molecule has 24 heavy (non-hydrogen) atoms. The van der Waals surface area contributed by atoms with Crippen LogP contribution in [0, 0.1) is 0 Å². The second kappa shape index (κ2) is 7.06. The van der Waals surface area contributed by atoms with Gasteiger partial charge >= 0.3 is 0 Å². The monoisotopic (exact) mass is 351 g/mol. The van der Waals surface area contributed by atoms with Gasteiger partial charge in [-0.25, -0.2) is 13.4 Å². The number of aromatic nitrogens is 3. The molecule has 0 N–H and O–H groups in total. The molecule has 0 atom stereocenters. The van der Waals surface area contributed by atoms with Gasteiger partial charge < -0.3 is 4.90 Å².